The Morgan fingerprint density at radius 1 is 1.68 bits per heavy atom. The standard InChI is InChI=1S/C13H22N4O.ClH/c1-3-10(2)15-13(18)12-6-8-17(16-12)11-5-4-7-14-9-11;/h6,8,10-11,14H,3-5,7,9H2,1-2H3,(H,15,18);1H. The predicted octanol–water partition coefficient (Wildman–Crippen LogP) is 1.76. The lowest BCUT2D eigenvalue weighted by Gasteiger charge is -2.22. The number of nitrogens with zero attached hydrogens (tertiary/aromatic N) is 2. The normalized spacial score (nSPS) is 20.4. The molecule has 1 saturated heterocycles. The van der Waals surface area contributed by atoms with Crippen molar-refractivity contribution in [2.45, 2.75) is 45.2 Å². The third-order valence-corrected chi connectivity index (χ3v) is 3.48. The van der Waals surface area contributed by atoms with Crippen LogP contribution in [-0.2, 0) is 0 Å². The molecule has 1 aromatic rings. The highest BCUT2D eigenvalue weighted by molar-refractivity contribution is 5.92. The van der Waals surface area contributed by atoms with Crippen molar-refractivity contribution in [2.24, 2.45) is 0 Å². The molecular formula is C13H23ClN4O. The van der Waals surface area contributed by atoms with E-state index in [0.717, 1.165) is 25.9 Å². The summed E-state index contributed by atoms with van der Waals surface area (Å²) in [5.74, 6) is -0.0770. The van der Waals surface area contributed by atoms with E-state index < -0.39 is 0 Å². The molecule has 1 aliphatic rings. The van der Waals surface area contributed by atoms with E-state index >= 15 is 0 Å². The second-order valence-electron chi connectivity index (χ2n) is 4.96. The van der Waals surface area contributed by atoms with Crippen LogP contribution in [0.2, 0.25) is 0 Å². The summed E-state index contributed by atoms with van der Waals surface area (Å²) in [5, 5.41) is 10.7. The van der Waals surface area contributed by atoms with Gasteiger partial charge in [-0.3, -0.25) is 9.48 Å². The van der Waals surface area contributed by atoms with Crippen LogP contribution in [0.4, 0.5) is 0 Å². The fourth-order valence-electron chi connectivity index (χ4n) is 2.12. The van der Waals surface area contributed by atoms with Crippen molar-refractivity contribution < 1.29 is 4.79 Å². The van der Waals surface area contributed by atoms with Crippen LogP contribution in [0.15, 0.2) is 12.3 Å². The second kappa shape index (κ2) is 7.50. The van der Waals surface area contributed by atoms with Crippen molar-refractivity contribution in [2.75, 3.05) is 13.1 Å². The van der Waals surface area contributed by atoms with Crippen molar-refractivity contribution in [3.8, 4) is 0 Å². The quantitative estimate of drug-likeness (QED) is 0.887. The van der Waals surface area contributed by atoms with Crippen LogP contribution in [0.3, 0.4) is 0 Å². The molecule has 0 aromatic carbocycles. The average Bonchev–Trinajstić information content (AvgIpc) is 2.89. The van der Waals surface area contributed by atoms with Gasteiger partial charge >= 0.3 is 0 Å². The maximum atomic E-state index is 11.9. The summed E-state index contributed by atoms with van der Waals surface area (Å²) in [6.07, 6.45) is 5.13. The highest BCUT2D eigenvalue weighted by Gasteiger charge is 2.18. The molecule has 1 amide bonds. The number of hydrogen-bond acceptors (Lipinski definition) is 3. The minimum Gasteiger partial charge on any atom is -0.348 e. The van der Waals surface area contributed by atoms with Gasteiger partial charge in [-0.15, -0.1) is 12.4 Å². The lowest BCUT2D eigenvalue weighted by Crippen LogP contribution is -2.33. The zero-order chi connectivity index (χ0) is 13.0. The number of hydrogen-bond donors (Lipinski definition) is 2. The van der Waals surface area contributed by atoms with E-state index in [2.05, 4.69) is 22.7 Å². The van der Waals surface area contributed by atoms with Crippen LogP contribution < -0.4 is 10.6 Å². The first kappa shape index (κ1) is 16.0. The maximum absolute atomic E-state index is 11.9. The van der Waals surface area contributed by atoms with Gasteiger partial charge in [0.25, 0.3) is 5.91 Å². The SMILES string of the molecule is CCC(C)NC(=O)c1ccn(C2CCCNC2)n1.Cl. The van der Waals surface area contributed by atoms with Crippen LogP contribution in [0.1, 0.15) is 49.6 Å². The Balaban J connectivity index is 0.00000180. The first-order valence-corrected chi connectivity index (χ1v) is 6.77. The van der Waals surface area contributed by atoms with E-state index in [1.54, 1.807) is 6.07 Å². The molecular weight excluding hydrogens is 264 g/mol. The van der Waals surface area contributed by atoms with Gasteiger partial charge < -0.3 is 10.6 Å². The molecule has 1 aliphatic heterocycles. The molecule has 0 saturated carbocycles. The number of piperidine rings is 1. The van der Waals surface area contributed by atoms with Gasteiger partial charge in [0.1, 0.15) is 5.69 Å². The minimum atomic E-state index is -0.0770. The molecule has 1 fully saturated rings. The molecule has 108 valence electrons. The molecule has 2 atom stereocenters. The van der Waals surface area contributed by atoms with E-state index in [4.69, 9.17) is 0 Å². The molecule has 2 rings (SSSR count). The van der Waals surface area contributed by atoms with E-state index in [9.17, 15) is 4.79 Å². The van der Waals surface area contributed by atoms with Gasteiger partial charge in [-0.2, -0.15) is 5.10 Å². The molecule has 0 bridgehead atoms. The molecule has 6 heteroatoms. The molecule has 0 aliphatic carbocycles. The molecule has 5 nitrogen and oxygen atoms in total. The molecule has 0 spiro atoms. The highest BCUT2D eigenvalue weighted by Crippen LogP contribution is 2.15. The fraction of sp³-hybridized carbons (Fsp3) is 0.692. The lowest BCUT2D eigenvalue weighted by molar-refractivity contribution is 0.0933. The third kappa shape index (κ3) is 4.21. The summed E-state index contributed by atoms with van der Waals surface area (Å²) in [7, 11) is 0. The average molecular weight is 287 g/mol. The van der Waals surface area contributed by atoms with Crippen molar-refractivity contribution in [1.29, 1.82) is 0 Å². The van der Waals surface area contributed by atoms with Gasteiger partial charge in [0, 0.05) is 18.8 Å². The number of nitrogens with one attached hydrogen (secondary N) is 2. The van der Waals surface area contributed by atoms with Gasteiger partial charge in [0.05, 0.1) is 6.04 Å². The molecule has 19 heavy (non-hydrogen) atoms. The Labute approximate surface area is 120 Å². The Morgan fingerprint density at radius 3 is 3.11 bits per heavy atom. The number of amides is 1. The summed E-state index contributed by atoms with van der Waals surface area (Å²) < 4.78 is 1.91. The van der Waals surface area contributed by atoms with E-state index in [-0.39, 0.29) is 24.4 Å². The zero-order valence-corrected chi connectivity index (χ0v) is 12.4. The first-order valence-electron chi connectivity index (χ1n) is 6.77. The minimum absolute atomic E-state index is 0. The highest BCUT2D eigenvalue weighted by atomic mass is 35.5. The van der Waals surface area contributed by atoms with Gasteiger partial charge in [-0.1, -0.05) is 6.92 Å². The van der Waals surface area contributed by atoms with Gasteiger partial charge in [0.2, 0.25) is 0 Å². The molecule has 2 N–H and O–H groups in total. The third-order valence-electron chi connectivity index (χ3n) is 3.48. The van der Waals surface area contributed by atoms with Crippen LogP contribution in [0, 0.1) is 0 Å². The molecule has 1 aromatic heterocycles. The zero-order valence-electron chi connectivity index (χ0n) is 11.6. The second-order valence-corrected chi connectivity index (χ2v) is 4.96. The monoisotopic (exact) mass is 286 g/mol. The number of carbonyl (C=O) groups excluding carboxylic acids is 1. The fourth-order valence-corrected chi connectivity index (χ4v) is 2.12. The summed E-state index contributed by atoms with van der Waals surface area (Å²) in [6.45, 7) is 6.07. The largest absolute Gasteiger partial charge is 0.348 e. The first-order chi connectivity index (χ1) is 8.70. The topological polar surface area (TPSA) is 59.0 Å². The van der Waals surface area contributed by atoms with Crippen LogP contribution in [0.25, 0.3) is 0 Å². The number of halogens is 1. The number of carbonyl (C=O) groups is 1. The lowest BCUT2D eigenvalue weighted by atomic mass is 10.1. The van der Waals surface area contributed by atoms with Crippen molar-refractivity contribution in [1.82, 2.24) is 20.4 Å². The Kier molecular flexibility index (Phi) is 6.31. The predicted molar refractivity (Wildman–Crippen MR) is 77.8 cm³/mol. The summed E-state index contributed by atoms with van der Waals surface area (Å²) >= 11 is 0. The number of rotatable bonds is 4. The molecule has 0 radical (unpaired) electrons. The van der Waals surface area contributed by atoms with Gasteiger partial charge in [0.15, 0.2) is 0 Å². The van der Waals surface area contributed by atoms with E-state index in [1.807, 2.05) is 17.8 Å². The summed E-state index contributed by atoms with van der Waals surface area (Å²) in [5.41, 5.74) is 0.515. The number of aromatic nitrogens is 2. The van der Waals surface area contributed by atoms with Crippen LogP contribution in [0.5, 0.6) is 0 Å². The maximum Gasteiger partial charge on any atom is 0.271 e. The Hall–Kier alpha value is -1.07. The molecule has 2 unspecified atom stereocenters. The Bertz CT molecular complexity index is 401. The van der Waals surface area contributed by atoms with Crippen molar-refractivity contribution in [3.63, 3.8) is 0 Å². The van der Waals surface area contributed by atoms with Crippen LogP contribution in [-0.4, -0.2) is 34.8 Å². The van der Waals surface area contributed by atoms with E-state index in [1.165, 1.54) is 6.42 Å². The summed E-state index contributed by atoms with van der Waals surface area (Å²) in [4.78, 5) is 11.9. The Morgan fingerprint density at radius 2 is 2.47 bits per heavy atom. The van der Waals surface area contributed by atoms with Crippen molar-refractivity contribution >= 4 is 18.3 Å². The smallest absolute Gasteiger partial charge is 0.271 e. The molecule has 2 heterocycles. The summed E-state index contributed by atoms with van der Waals surface area (Å²) in [6, 6.07) is 2.37. The van der Waals surface area contributed by atoms with Gasteiger partial charge in [-0.05, 0) is 38.8 Å². The van der Waals surface area contributed by atoms with Gasteiger partial charge in [-0.25, -0.2) is 0 Å². The van der Waals surface area contributed by atoms with E-state index in [0.29, 0.717) is 11.7 Å². The van der Waals surface area contributed by atoms with Crippen molar-refractivity contribution in [3.05, 3.63) is 18.0 Å². The van der Waals surface area contributed by atoms with Crippen LogP contribution >= 0.6 is 12.4 Å².